The second kappa shape index (κ2) is 4.31. The van der Waals surface area contributed by atoms with E-state index in [0.29, 0.717) is 0 Å². The Hall–Kier alpha value is -1.25. The molecule has 1 aromatic heterocycles. The number of aliphatic hydroxyl groups excluding tert-OH is 1. The fourth-order valence-electron chi connectivity index (χ4n) is 1.01. The highest BCUT2D eigenvalue weighted by molar-refractivity contribution is 6.29. The number of nitrogens with zero attached hydrogens (tertiary/aromatic N) is 2. The van der Waals surface area contributed by atoms with Crippen molar-refractivity contribution in [3.05, 3.63) is 28.0 Å². The van der Waals surface area contributed by atoms with Gasteiger partial charge in [-0.05, 0) is 6.07 Å². The molecule has 0 fully saturated rings. The van der Waals surface area contributed by atoms with E-state index in [1.807, 2.05) is 0 Å². The lowest BCUT2D eigenvalue weighted by Crippen LogP contribution is -2.02. The van der Waals surface area contributed by atoms with Gasteiger partial charge in [-0.1, -0.05) is 11.6 Å². The van der Waals surface area contributed by atoms with E-state index in [-0.39, 0.29) is 16.3 Å². The number of pyridine rings is 1. The highest BCUT2D eigenvalue weighted by Gasteiger charge is 2.18. The zero-order valence-corrected chi connectivity index (χ0v) is 7.59. The lowest BCUT2D eigenvalue weighted by Gasteiger charge is -2.07. The van der Waals surface area contributed by atoms with Crippen LogP contribution in [0, 0.1) is 11.3 Å². The van der Waals surface area contributed by atoms with Crippen molar-refractivity contribution in [3.63, 3.8) is 0 Å². The molecule has 14 heavy (non-hydrogen) atoms. The minimum atomic E-state index is -2.86. The Balaban J connectivity index is 3.41. The van der Waals surface area contributed by atoms with Crippen molar-refractivity contribution >= 4 is 11.6 Å². The maximum Gasteiger partial charge on any atom is 0.280 e. The molecule has 0 unspecified atom stereocenters. The molecule has 0 aliphatic heterocycles. The first-order valence-electron chi connectivity index (χ1n) is 3.58. The van der Waals surface area contributed by atoms with Crippen LogP contribution in [0.2, 0.25) is 5.15 Å². The van der Waals surface area contributed by atoms with Gasteiger partial charge in [0, 0.05) is 5.56 Å². The molecule has 0 amide bonds. The van der Waals surface area contributed by atoms with E-state index < -0.39 is 18.7 Å². The summed E-state index contributed by atoms with van der Waals surface area (Å²) in [5, 5.41) is 17.2. The van der Waals surface area contributed by atoms with Gasteiger partial charge in [-0.15, -0.1) is 0 Å². The Kier molecular flexibility index (Phi) is 3.33. The van der Waals surface area contributed by atoms with E-state index in [4.69, 9.17) is 22.0 Å². The van der Waals surface area contributed by atoms with Crippen molar-refractivity contribution in [2.75, 3.05) is 0 Å². The summed E-state index contributed by atoms with van der Waals surface area (Å²) in [5.74, 6) is 0. The fourth-order valence-corrected chi connectivity index (χ4v) is 1.21. The first kappa shape index (κ1) is 10.8. The van der Waals surface area contributed by atoms with E-state index in [1.165, 1.54) is 0 Å². The van der Waals surface area contributed by atoms with Crippen LogP contribution in [0.15, 0.2) is 6.07 Å². The quantitative estimate of drug-likeness (QED) is 0.773. The molecule has 0 atom stereocenters. The van der Waals surface area contributed by atoms with Gasteiger partial charge in [0.25, 0.3) is 6.43 Å². The summed E-state index contributed by atoms with van der Waals surface area (Å²) in [6.45, 7) is -0.660. The minimum absolute atomic E-state index is 0.0807. The van der Waals surface area contributed by atoms with Gasteiger partial charge < -0.3 is 5.11 Å². The predicted octanol–water partition coefficient (Wildman–Crippen LogP) is 2.04. The molecule has 0 spiro atoms. The summed E-state index contributed by atoms with van der Waals surface area (Å²) >= 11 is 5.42. The fraction of sp³-hybridized carbons (Fsp3) is 0.250. The second-order valence-corrected chi connectivity index (χ2v) is 2.81. The number of hydrogen-bond acceptors (Lipinski definition) is 3. The topological polar surface area (TPSA) is 56.9 Å². The SMILES string of the molecule is N#Cc1cc(Cl)nc(C(F)F)c1CO. The molecule has 6 heteroatoms. The Morgan fingerprint density at radius 1 is 1.64 bits per heavy atom. The van der Waals surface area contributed by atoms with Crippen LogP contribution in [0.5, 0.6) is 0 Å². The maximum absolute atomic E-state index is 12.4. The van der Waals surface area contributed by atoms with Crippen molar-refractivity contribution < 1.29 is 13.9 Å². The predicted molar refractivity (Wildman–Crippen MR) is 44.8 cm³/mol. The third-order valence-electron chi connectivity index (χ3n) is 1.61. The number of halogens is 3. The van der Waals surface area contributed by atoms with Crippen molar-refractivity contribution in [1.29, 1.82) is 5.26 Å². The molecule has 1 rings (SSSR count). The Morgan fingerprint density at radius 2 is 2.29 bits per heavy atom. The average molecular weight is 219 g/mol. The van der Waals surface area contributed by atoms with Crippen LogP contribution in [0.1, 0.15) is 23.2 Å². The van der Waals surface area contributed by atoms with Gasteiger partial charge in [0.1, 0.15) is 10.8 Å². The molecule has 1 heterocycles. The number of rotatable bonds is 2. The second-order valence-electron chi connectivity index (χ2n) is 2.43. The van der Waals surface area contributed by atoms with Crippen molar-refractivity contribution in [3.8, 4) is 6.07 Å². The zero-order valence-electron chi connectivity index (χ0n) is 6.84. The number of alkyl halides is 2. The standard InChI is InChI=1S/C8H5ClF2N2O/c9-6-1-4(2-12)5(3-14)7(13-6)8(10)11/h1,8,14H,3H2. The highest BCUT2D eigenvalue weighted by Crippen LogP contribution is 2.25. The van der Waals surface area contributed by atoms with Crippen LogP contribution in [0.3, 0.4) is 0 Å². The summed E-state index contributed by atoms with van der Waals surface area (Å²) in [4.78, 5) is 3.36. The molecule has 0 radical (unpaired) electrons. The third-order valence-corrected chi connectivity index (χ3v) is 1.80. The first-order valence-corrected chi connectivity index (χ1v) is 3.96. The summed E-state index contributed by atoms with van der Waals surface area (Å²) in [5.41, 5.74) is -0.897. The molecule has 1 aromatic rings. The van der Waals surface area contributed by atoms with E-state index in [9.17, 15) is 8.78 Å². The molecule has 0 aromatic carbocycles. The molecule has 0 saturated heterocycles. The molecule has 0 aliphatic carbocycles. The highest BCUT2D eigenvalue weighted by atomic mass is 35.5. The number of hydrogen-bond donors (Lipinski definition) is 1. The van der Waals surface area contributed by atoms with Gasteiger partial charge in [0.05, 0.1) is 18.2 Å². The van der Waals surface area contributed by atoms with Gasteiger partial charge in [-0.3, -0.25) is 0 Å². The van der Waals surface area contributed by atoms with Crippen molar-refractivity contribution in [1.82, 2.24) is 4.98 Å². The van der Waals surface area contributed by atoms with Crippen molar-refractivity contribution in [2.45, 2.75) is 13.0 Å². The van der Waals surface area contributed by atoms with Crippen molar-refractivity contribution in [2.24, 2.45) is 0 Å². The first-order chi connectivity index (χ1) is 6.60. The summed E-state index contributed by atoms with van der Waals surface area (Å²) in [7, 11) is 0. The summed E-state index contributed by atoms with van der Waals surface area (Å²) < 4.78 is 24.7. The van der Waals surface area contributed by atoms with E-state index >= 15 is 0 Å². The maximum atomic E-state index is 12.4. The lowest BCUT2D eigenvalue weighted by atomic mass is 10.1. The van der Waals surface area contributed by atoms with Gasteiger partial charge in [-0.25, -0.2) is 13.8 Å². The minimum Gasteiger partial charge on any atom is -0.392 e. The van der Waals surface area contributed by atoms with Gasteiger partial charge in [-0.2, -0.15) is 5.26 Å². The number of aromatic nitrogens is 1. The van der Waals surface area contributed by atoms with Gasteiger partial charge >= 0.3 is 0 Å². The molecule has 0 bridgehead atoms. The van der Waals surface area contributed by atoms with Crippen LogP contribution < -0.4 is 0 Å². The average Bonchev–Trinajstić information content (AvgIpc) is 2.16. The Morgan fingerprint density at radius 3 is 2.71 bits per heavy atom. The molecule has 0 aliphatic rings. The molecular weight excluding hydrogens is 214 g/mol. The lowest BCUT2D eigenvalue weighted by molar-refractivity contribution is 0.141. The van der Waals surface area contributed by atoms with Gasteiger partial charge in [0.15, 0.2) is 0 Å². The molecule has 0 saturated carbocycles. The van der Waals surface area contributed by atoms with E-state index in [2.05, 4.69) is 4.98 Å². The van der Waals surface area contributed by atoms with E-state index in [0.717, 1.165) is 6.07 Å². The third kappa shape index (κ3) is 1.97. The molecular formula is C8H5ClF2N2O. The molecule has 3 nitrogen and oxygen atoms in total. The Bertz CT molecular complexity index is 390. The van der Waals surface area contributed by atoms with E-state index in [1.54, 1.807) is 6.07 Å². The van der Waals surface area contributed by atoms with Crippen LogP contribution in [-0.2, 0) is 6.61 Å². The van der Waals surface area contributed by atoms with Crippen LogP contribution in [0.25, 0.3) is 0 Å². The summed E-state index contributed by atoms with van der Waals surface area (Å²) in [6.07, 6.45) is -2.86. The molecule has 74 valence electrons. The largest absolute Gasteiger partial charge is 0.392 e. The van der Waals surface area contributed by atoms with Crippen LogP contribution in [-0.4, -0.2) is 10.1 Å². The van der Waals surface area contributed by atoms with Crippen LogP contribution >= 0.6 is 11.6 Å². The monoisotopic (exact) mass is 218 g/mol. The number of nitriles is 1. The molecule has 1 N–H and O–H groups in total. The van der Waals surface area contributed by atoms with Gasteiger partial charge in [0.2, 0.25) is 0 Å². The Labute approximate surface area is 83.6 Å². The summed E-state index contributed by atoms with van der Waals surface area (Å²) in [6, 6.07) is 2.80. The normalized spacial score (nSPS) is 10.3. The number of aliphatic hydroxyl groups is 1. The van der Waals surface area contributed by atoms with Crippen LogP contribution in [0.4, 0.5) is 8.78 Å². The smallest absolute Gasteiger partial charge is 0.280 e. The zero-order chi connectivity index (χ0) is 10.7.